The summed E-state index contributed by atoms with van der Waals surface area (Å²) in [4.78, 5) is 26.3. The van der Waals surface area contributed by atoms with E-state index in [2.05, 4.69) is 15.6 Å². The maximum absolute atomic E-state index is 11.4. The zero-order chi connectivity index (χ0) is 14.0. The monoisotopic (exact) mass is 263 g/mol. The van der Waals surface area contributed by atoms with Crippen molar-refractivity contribution in [2.45, 2.75) is 13.0 Å². The van der Waals surface area contributed by atoms with Crippen LogP contribution in [0.5, 0.6) is 0 Å². The van der Waals surface area contributed by atoms with Crippen LogP contribution in [0.25, 0.3) is 11.1 Å². The second-order valence-corrected chi connectivity index (χ2v) is 3.99. The zero-order valence-corrected chi connectivity index (χ0v) is 10.4. The number of oxazole rings is 1. The summed E-state index contributed by atoms with van der Waals surface area (Å²) in [5.74, 6) is -1.24. The number of carboxylic acid groups (broad SMARTS) is 1. The van der Waals surface area contributed by atoms with Gasteiger partial charge in [-0.1, -0.05) is 0 Å². The van der Waals surface area contributed by atoms with Crippen molar-refractivity contribution in [3.05, 3.63) is 23.8 Å². The minimum absolute atomic E-state index is 0.120. The van der Waals surface area contributed by atoms with Gasteiger partial charge in [0.15, 0.2) is 5.58 Å². The second-order valence-electron chi connectivity index (χ2n) is 3.99. The fourth-order valence-corrected chi connectivity index (χ4v) is 1.59. The summed E-state index contributed by atoms with van der Waals surface area (Å²) >= 11 is 0. The highest BCUT2D eigenvalue weighted by Crippen LogP contribution is 2.20. The van der Waals surface area contributed by atoms with Crippen LogP contribution in [0, 0.1) is 0 Å². The first-order chi connectivity index (χ1) is 9.01. The highest BCUT2D eigenvalue weighted by Gasteiger charge is 2.15. The molecule has 19 heavy (non-hydrogen) atoms. The number of likely N-dealkylation sites (N-methyl/N-ethyl adjacent to an activating group) is 1. The van der Waals surface area contributed by atoms with Crippen molar-refractivity contribution in [2.24, 2.45) is 0 Å². The molecule has 1 amide bonds. The van der Waals surface area contributed by atoms with Crippen LogP contribution in [0.1, 0.15) is 17.3 Å². The molecule has 100 valence electrons. The molecule has 1 unspecified atom stereocenters. The van der Waals surface area contributed by atoms with Crippen molar-refractivity contribution in [1.82, 2.24) is 10.3 Å². The van der Waals surface area contributed by atoms with E-state index in [1.54, 1.807) is 13.0 Å². The number of hydrogen-bond acceptors (Lipinski definition) is 5. The van der Waals surface area contributed by atoms with Crippen LogP contribution in [-0.4, -0.2) is 35.1 Å². The molecule has 0 fully saturated rings. The Morgan fingerprint density at radius 2 is 2.16 bits per heavy atom. The highest BCUT2D eigenvalue weighted by atomic mass is 16.4. The van der Waals surface area contributed by atoms with Crippen molar-refractivity contribution < 1.29 is 19.1 Å². The SMILES string of the molecule is CNC(=O)C(C)Nc1nc2ccc(C(=O)O)cc2o1. The number of hydrogen-bond donors (Lipinski definition) is 3. The minimum atomic E-state index is -1.04. The standard InChI is InChI=1S/C12H13N3O4/c1-6(10(16)13-2)14-12-15-8-4-3-7(11(17)18)5-9(8)19-12/h3-6H,1-2H3,(H,13,16)(H,14,15)(H,17,18). The Morgan fingerprint density at radius 1 is 1.42 bits per heavy atom. The summed E-state index contributed by atoms with van der Waals surface area (Å²) in [6.07, 6.45) is 0. The van der Waals surface area contributed by atoms with E-state index in [1.807, 2.05) is 0 Å². The lowest BCUT2D eigenvalue weighted by atomic mass is 10.2. The molecule has 0 aliphatic heterocycles. The van der Waals surface area contributed by atoms with Crippen molar-refractivity contribution in [1.29, 1.82) is 0 Å². The van der Waals surface area contributed by atoms with Gasteiger partial charge in [-0.25, -0.2) is 4.79 Å². The molecule has 1 heterocycles. The fourth-order valence-electron chi connectivity index (χ4n) is 1.59. The van der Waals surface area contributed by atoms with Crippen LogP contribution in [0.3, 0.4) is 0 Å². The zero-order valence-electron chi connectivity index (χ0n) is 10.4. The number of anilines is 1. The van der Waals surface area contributed by atoms with Gasteiger partial charge in [0.05, 0.1) is 5.56 Å². The average Bonchev–Trinajstić information content (AvgIpc) is 2.78. The molecule has 1 aromatic heterocycles. The first kappa shape index (κ1) is 12.9. The van der Waals surface area contributed by atoms with Crippen LogP contribution in [-0.2, 0) is 4.79 Å². The highest BCUT2D eigenvalue weighted by molar-refractivity contribution is 5.92. The van der Waals surface area contributed by atoms with Gasteiger partial charge in [0, 0.05) is 7.05 Å². The van der Waals surface area contributed by atoms with Crippen LogP contribution in [0.2, 0.25) is 0 Å². The molecular formula is C12H13N3O4. The molecule has 0 saturated heterocycles. The number of nitrogens with one attached hydrogen (secondary N) is 2. The van der Waals surface area contributed by atoms with E-state index in [-0.39, 0.29) is 17.5 Å². The van der Waals surface area contributed by atoms with E-state index in [9.17, 15) is 9.59 Å². The number of rotatable bonds is 4. The Kier molecular flexibility index (Phi) is 3.37. The van der Waals surface area contributed by atoms with Crippen LogP contribution < -0.4 is 10.6 Å². The molecule has 1 aromatic carbocycles. The summed E-state index contributed by atoms with van der Waals surface area (Å²) < 4.78 is 5.36. The predicted octanol–water partition coefficient (Wildman–Crippen LogP) is 1.07. The molecule has 0 aliphatic rings. The summed E-state index contributed by atoms with van der Waals surface area (Å²) in [6, 6.07) is 4.06. The first-order valence-corrected chi connectivity index (χ1v) is 5.63. The number of carbonyl (C=O) groups excluding carboxylic acids is 1. The number of amides is 1. The molecule has 0 radical (unpaired) electrons. The molecule has 0 aliphatic carbocycles. The molecule has 1 atom stereocenters. The lowest BCUT2D eigenvalue weighted by Crippen LogP contribution is -2.35. The van der Waals surface area contributed by atoms with Crippen LogP contribution in [0.15, 0.2) is 22.6 Å². The smallest absolute Gasteiger partial charge is 0.335 e. The number of aromatic carboxylic acids is 1. The van der Waals surface area contributed by atoms with Gasteiger partial charge < -0.3 is 20.2 Å². The van der Waals surface area contributed by atoms with Crippen molar-refractivity contribution >= 4 is 29.0 Å². The maximum Gasteiger partial charge on any atom is 0.335 e. The molecule has 3 N–H and O–H groups in total. The fraction of sp³-hybridized carbons (Fsp3) is 0.250. The van der Waals surface area contributed by atoms with Gasteiger partial charge in [0.25, 0.3) is 6.01 Å². The molecular weight excluding hydrogens is 250 g/mol. The Labute approximate surface area is 108 Å². The molecule has 2 aromatic rings. The van der Waals surface area contributed by atoms with Gasteiger partial charge in [-0.3, -0.25) is 4.79 Å². The van der Waals surface area contributed by atoms with E-state index < -0.39 is 12.0 Å². The second kappa shape index (κ2) is 4.97. The van der Waals surface area contributed by atoms with Crippen molar-refractivity contribution in [2.75, 3.05) is 12.4 Å². The lowest BCUT2D eigenvalue weighted by Gasteiger charge is -2.09. The molecule has 0 bridgehead atoms. The third-order valence-electron chi connectivity index (χ3n) is 2.62. The minimum Gasteiger partial charge on any atom is -0.478 e. The Hall–Kier alpha value is -2.57. The van der Waals surface area contributed by atoms with Crippen molar-refractivity contribution in [3.8, 4) is 0 Å². The Balaban J connectivity index is 2.26. The number of nitrogens with zero attached hydrogens (tertiary/aromatic N) is 1. The van der Waals surface area contributed by atoms with Gasteiger partial charge >= 0.3 is 5.97 Å². The van der Waals surface area contributed by atoms with Gasteiger partial charge in [0.1, 0.15) is 11.6 Å². The summed E-state index contributed by atoms with van der Waals surface area (Å²) in [6.45, 7) is 1.66. The number of carbonyl (C=O) groups is 2. The predicted molar refractivity (Wildman–Crippen MR) is 68.1 cm³/mol. The van der Waals surface area contributed by atoms with Crippen LogP contribution >= 0.6 is 0 Å². The average molecular weight is 263 g/mol. The summed E-state index contributed by atoms with van der Waals surface area (Å²) in [5.41, 5.74) is 0.998. The van der Waals surface area contributed by atoms with Gasteiger partial charge in [-0.05, 0) is 25.1 Å². The van der Waals surface area contributed by atoms with E-state index in [4.69, 9.17) is 9.52 Å². The first-order valence-electron chi connectivity index (χ1n) is 5.63. The summed E-state index contributed by atoms with van der Waals surface area (Å²) in [5, 5.41) is 14.2. The van der Waals surface area contributed by atoms with E-state index >= 15 is 0 Å². The quantitative estimate of drug-likeness (QED) is 0.762. The van der Waals surface area contributed by atoms with Gasteiger partial charge in [0.2, 0.25) is 5.91 Å². The van der Waals surface area contributed by atoms with E-state index in [0.29, 0.717) is 11.1 Å². The largest absolute Gasteiger partial charge is 0.478 e. The lowest BCUT2D eigenvalue weighted by molar-refractivity contribution is -0.121. The number of carboxylic acids is 1. The molecule has 7 nitrogen and oxygen atoms in total. The number of aromatic nitrogens is 1. The van der Waals surface area contributed by atoms with Gasteiger partial charge in [-0.15, -0.1) is 0 Å². The molecule has 2 rings (SSSR count). The normalized spacial score (nSPS) is 12.1. The van der Waals surface area contributed by atoms with Crippen LogP contribution in [0.4, 0.5) is 6.01 Å². The molecule has 0 saturated carbocycles. The number of fused-ring (bicyclic) bond motifs is 1. The topological polar surface area (TPSA) is 104 Å². The maximum atomic E-state index is 11.4. The molecule has 7 heteroatoms. The third kappa shape index (κ3) is 2.65. The van der Waals surface area contributed by atoms with E-state index in [1.165, 1.54) is 19.2 Å². The number of benzene rings is 1. The molecule has 0 spiro atoms. The van der Waals surface area contributed by atoms with Gasteiger partial charge in [-0.2, -0.15) is 4.98 Å². The third-order valence-corrected chi connectivity index (χ3v) is 2.62. The van der Waals surface area contributed by atoms with Crippen molar-refractivity contribution in [3.63, 3.8) is 0 Å². The summed E-state index contributed by atoms with van der Waals surface area (Å²) in [7, 11) is 1.53. The Morgan fingerprint density at radius 3 is 2.79 bits per heavy atom. The van der Waals surface area contributed by atoms with E-state index in [0.717, 1.165) is 0 Å². The Bertz CT molecular complexity index is 635.